The monoisotopic (exact) mass is 271 g/mol. The van der Waals surface area contributed by atoms with Gasteiger partial charge in [-0.15, -0.1) is 0 Å². The van der Waals surface area contributed by atoms with Crippen LogP contribution in [-0.4, -0.2) is 21.5 Å². The average molecular weight is 271 g/mol. The highest BCUT2D eigenvalue weighted by Crippen LogP contribution is 2.22. The van der Waals surface area contributed by atoms with Gasteiger partial charge in [-0.25, -0.2) is 4.98 Å². The van der Waals surface area contributed by atoms with Crippen LogP contribution >= 0.6 is 0 Å². The normalized spacial score (nSPS) is 15.8. The van der Waals surface area contributed by atoms with Gasteiger partial charge in [-0.1, -0.05) is 19.8 Å². The van der Waals surface area contributed by atoms with E-state index in [1.807, 2.05) is 18.3 Å². The molecule has 0 aromatic carbocycles. The first-order valence-electron chi connectivity index (χ1n) is 7.54. The van der Waals surface area contributed by atoms with Gasteiger partial charge in [0.05, 0.1) is 5.56 Å². The van der Waals surface area contributed by atoms with Crippen LogP contribution in [0.5, 0.6) is 0 Å². The van der Waals surface area contributed by atoms with E-state index in [0.717, 1.165) is 42.4 Å². The molecule has 0 atom stereocenters. The third-order valence-electron chi connectivity index (χ3n) is 4.03. The second-order valence-electron chi connectivity index (χ2n) is 5.57. The van der Waals surface area contributed by atoms with Crippen molar-refractivity contribution in [1.82, 2.24) is 14.9 Å². The van der Waals surface area contributed by atoms with E-state index in [9.17, 15) is 4.79 Å². The van der Waals surface area contributed by atoms with Crippen LogP contribution in [0.4, 0.5) is 0 Å². The number of pyridine rings is 1. The number of amides is 1. The molecule has 2 heterocycles. The minimum Gasteiger partial charge on any atom is -0.349 e. The maximum Gasteiger partial charge on any atom is 0.253 e. The highest BCUT2D eigenvalue weighted by molar-refractivity contribution is 6.06. The molecule has 106 valence electrons. The van der Waals surface area contributed by atoms with Gasteiger partial charge in [0.1, 0.15) is 5.65 Å². The standard InChI is InChI=1S/C16H21N3O/c1-2-10-19-11-14(13-8-5-9-17-15(13)19)16(20)18-12-6-3-4-7-12/h5,8-9,11-12H,2-4,6-7,10H2,1H3,(H,18,20). The Morgan fingerprint density at radius 1 is 1.45 bits per heavy atom. The van der Waals surface area contributed by atoms with Crippen LogP contribution in [0.1, 0.15) is 49.4 Å². The van der Waals surface area contributed by atoms with E-state index in [0.29, 0.717) is 6.04 Å². The van der Waals surface area contributed by atoms with Gasteiger partial charge in [-0.3, -0.25) is 4.79 Å². The summed E-state index contributed by atoms with van der Waals surface area (Å²) in [6.45, 7) is 3.03. The van der Waals surface area contributed by atoms with Crippen molar-refractivity contribution in [2.45, 2.75) is 51.6 Å². The second-order valence-corrected chi connectivity index (χ2v) is 5.57. The molecule has 2 aromatic rings. The number of nitrogens with one attached hydrogen (secondary N) is 1. The van der Waals surface area contributed by atoms with Gasteiger partial charge in [-0.05, 0) is 31.4 Å². The van der Waals surface area contributed by atoms with E-state index in [4.69, 9.17) is 0 Å². The van der Waals surface area contributed by atoms with Crippen LogP contribution in [0, 0.1) is 0 Å². The van der Waals surface area contributed by atoms with Crippen LogP contribution < -0.4 is 5.32 Å². The molecule has 3 rings (SSSR count). The summed E-state index contributed by atoms with van der Waals surface area (Å²) < 4.78 is 2.08. The maximum absolute atomic E-state index is 12.5. The number of nitrogens with zero attached hydrogens (tertiary/aromatic N) is 2. The Kier molecular flexibility index (Phi) is 3.72. The Hall–Kier alpha value is -1.84. The van der Waals surface area contributed by atoms with Crippen LogP contribution in [-0.2, 0) is 6.54 Å². The highest BCUT2D eigenvalue weighted by atomic mass is 16.1. The molecule has 1 amide bonds. The van der Waals surface area contributed by atoms with E-state index in [1.54, 1.807) is 6.20 Å². The molecule has 0 radical (unpaired) electrons. The second kappa shape index (κ2) is 5.65. The van der Waals surface area contributed by atoms with E-state index in [-0.39, 0.29) is 5.91 Å². The Morgan fingerprint density at radius 2 is 2.25 bits per heavy atom. The number of aromatic nitrogens is 2. The van der Waals surface area contributed by atoms with Crippen molar-refractivity contribution in [3.63, 3.8) is 0 Å². The summed E-state index contributed by atoms with van der Waals surface area (Å²) in [5.74, 6) is 0.0461. The van der Waals surface area contributed by atoms with Crippen molar-refractivity contribution in [3.05, 3.63) is 30.1 Å². The summed E-state index contributed by atoms with van der Waals surface area (Å²) >= 11 is 0. The fourth-order valence-corrected chi connectivity index (χ4v) is 3.05. The van der Waals surface area contributed by atoms with Crippen molar-refractivity contribution in [3.8, 4) is 0 Å². The molecule has 1 saturated carbocycles. The van der Waals surface area contributed by atoms with Crippen molar-refractivity contribution in [1.29, 1.82) is 0 Å². The zero-order valence-electron chi connectivity index (χ0n) is 11.9. The van der Waals surface area contributed by atoms with Crippen molar-refractivity contribution < 1.29 is 4.79 Å². The van der Waals surface area contributed by atoms with Gasteiger partial charge >= 0.3 is 0 Å². The highest BCUT2D eigenvalue weighted by Gasteiger charge is 2.21. The summed E-state index contributed by atoms with van der Waals surface area (Å²) in [7, 11) is 0. The van der Waals surface area contributed by atoms with Gasteiger partial charge in [0.25, 0.3) is 5.91 Å². The predicted molar refractivity (Wildman–Crippen MR) is 79.7 cm³/mol. The Bertz CT molecular complexity index is 611. The summed E-state index contributed by atoms with van der Waals surface area (Å²) in [6, 6.07) is 4.23. The lowest BCUT2D eigenvalue weighted by Gasteiger charge is -2.10. The van der Waals surface area contributed by atoms with Gasteiger partial charge in [-0.2, -0.15) is 0 Å². The number of fused-ring (bicyclic) bond motifs is 1. The van der Waals surface area contributed by atoms with Crippen molar-refractivity contribution in [2.75, 3.05) is 0 Å². The summed E-state index contributed by atoms with van der Waals surface area (Å²) in [5.41, 5.74) is 1.67. The molecule has 2 aromatic heterocycles. The quantitative estimate of drug-likeness (QED) is 0.928. The molecule has 1 N–H and O–H groups in total. The Morgan fingerprint density at radius 3 is 3.00 bits per heavy atom. The van der Waals surface area contributed by atoms with Gasteiger partial charge in [0.15, 0.2) is 0 Å². The molecule has 0 aliphatic heterocycles. The molecule has 20 heavy (non-hydrogen) atoms. The zero-order valence-corrected chi connectivity index (χ0v) is 11.9. The molecule has 1 fully saturated rings. The lowest BCUT2D eigenvalue weighted by Crippen LogP contribution is -2.32. The number of carbonyl (C=O) groups excluding carboxylic acids is 1. The molecule has 1 aliphatic carbocycles. The van der Waals surface area contributed by atoms with E-state index in [2.05, 4.69) is 21.8 Å². The molecular formula is C16H21N3O. The first-order chi connectivity index (χ1) is 9.79. The first kappa shape index (κ1) is 13.2. The average Bonchev–Trinajstić information content (AvgIpc) is 3.08. The molecule has 4 heteroatoms. The first-order valence-corrected chi connectivity index (χ1v) is 7.54. The van der Waals surface area contributed by atoms with Gasteiger partial charge in [0, 0.05) is 30.4 Å². The van der Waals surface area contributed by atoms with E-state index < -0.39 is 0 Å². The number of hydrogen-bond acceptors (Lipinski definition) is 2. The van der Waals surface area contributed by atoms with E-state index in [1.165, 1.54) is 12.8 Å². The van der Waals surface area contributed by atoms with Crippen molar-refractivity contribution in [2.24, 2.45) is 0 Å². The molecule has 4 nitrogen and oxygen atoms in total. The number of rotatable bonds is 4. The van der Waals surface area contributed by atoms with Crippen LogP contribution in [0.25, 0.3) is 11.0 Å². The third kappa shape index (κ3) is 2.42. The van der Waals surface area contributed by atoms with Crippen LogP contribution in [0.15, 0.2) is 24.5 Å². The number of carbonyl (C=O) groups is 1. The molecular weight excluding hydrogens is 250 g/mol. The van der Waals surface area contributed by atoms with Gasteiger partial charge < -0.3 is 9.88 Å². The molecule has 0 bridgehead atoms. The SMILES string of the molecule is CCCn1cc(C(=O)NC2CCCC2)c2cccnc21. The largest absolute Gasteiger partial charge is 0.349 e. The lowest BCUT2D eigenvalue weighted by molar-refractivity contribution is 0.0939. The summed E-state index contributed by atoms with van der Waals surface area (Å²) in [6.07, 6.45) is 9.44. The third-order valence-corrected chi connectivity index (χ3v) is 4.03. The topological polar surface area (TPSA) is 46.9 Å². The Labute approximate surface area is 119 Å². The summed E-state index contributed by atoms with van der Waals surface area (Å²) in [4.78, 5) is 16.9. The Balaban J connectivity index is 1.91. The fourth-order valence-electron chi connectivity index (χ4n) is 3.05. The summed E-state index contributed by atoms with van der Waals surface area (Å²) in [5, 5.41) is 4.12. The molecule has 0 saturated heterocycles. The smallest absolute Gasteiger partial charge is 0.253 e. The minimum absolute atomic E-state index is 0.0461. The minimum atomic E-state index is 0.0461. The van der Waals surface area contributed by atoms with Crippen molar-refractivity contribution >= 4 is 16.9 Å². The fraction of sp³-hybridized carbons (Fsp3) is 0.500. The zero-order chi connectivity index (χ0) is 13.9. The van der Waals surface area contributed by atoms with Crippen LogP contribution in [0.2, 0.25) is 0 Å². The molecule has 1 aliphatic rings. The number of aryl methyl sites for hydroxylation is 1. The maximum atomic E-state index is 12.5. The van der Waals surface area contributed by atoms with Crippen LogP contribution in [0.3, 0.4) is 0 Å². The van der Waals surface area contributed by atoms with E-state index >= 15 is 0 Å². The molecule has 0 unspecified atom stereocenters. The van der Waals surface area contributed by atoms with Gasteiger partial charge in [0.2, 0.25) is 0 Å². The molecule has 0 spiro atoms. The lowest BCUT2D eigenvalue weighted by atomic mass is 10.2. The predicted octanol–water partition coefficient (Wildman–Crippen LogP) is 3.12. The number of hydrogen-bond donors (Lipinski definition) is 1.